The molecular weight excluding hydrogens is 248 g/mol. The number of rotatable bonds is 2. The van der Waals surface area contributed by atoms with Crippen molar-refractivity contribution in [3.05, 3.63) is 28.0 Å². The van der Waals surface area contributed by atoms with E-state index in [1.807, 2.05) is 0 Å². The van der Waals surface area contributed by atoms with Crippen molar-refractivity contribution in [2.24, 2.45) is 5.16 Å². The molecule has 1 heterocycles. The van der Waals surface area contributed by atoms with E-state index in [9.17, 15) is 0 Å². The molecule has 0 radical (unpaired) electrons. The van der Waals surface area contributed by atoms with Crippen LogP contribution in [0.15, 0.2) is 17.5 Å². The maximum atomic E-state index is 8.62. The highest BCUT2D eigenvalue weighted by molar-refractivity contribution is 6.85. The van der Waals surface area contributed by atoms with E-state index >= 15 is 0 Å². The van der Waals surface area contributed by atoms with Crippen LogP contribution in [0.5, 0.6) is 0 Å². The van der Waals surface area contributed by atoms with Crippen LogP contribution in [0.3, 0.4) is 0 Å². The van der Waals surface area contributed by atoms with Gasteiger partial charge in [-0.05, 0) is 0 Å². The van der Waals surface area contributed by atoms with E-state index in [0.29, 0.717) is 0 Å². The summed E-state index contributed by atoms with van der Waals surface area (Å²) in [6, 6.07) is 0. The minimum absolute atomic E-state index is 0.163. The van der Waals surface area contributed by atoms with E-state index in [4.69, 9.17) is 45.4 Å². The Labute approximate surface area is 94.6 Å². The van der Waals surface area contributed by atoms with Crippen molar-refractivity contribution in [1.82, 2.24) is 4.98 Å². The summed E-state index contributed by atoms with van der Waals surface area (Å²) in [5.41, 5.74) is -0.00472. The topological polar surface area (TPSA) is 69.3 Å². The van der Waals surface area contributed by atoms with E-state index in [1.165, 1.54) is 12.4 Å². The highest BCUT2D eigenvalue weighted by atomic mass is 35.5. The lowest BCUT2D eigenvalue weighted by Crippen LogP contribution is -2.10. The van der Waals surface area contributed by atoms with Gasteiger partial charge in [0.15, 0.2) is 5.17 Å². The molecule has 0 unspecified atom stereocenters. The molecule has 0 atom stereocenters. The van der Waals surface area contributed by atoms with Gasteiger partial charge in [0.2, 0.25) is 0 Å². The Kier molecular flexibility index (Phi) is 3.69. The van der Waals surface area contributed by atoms with E-state index in [-0.39, 0.29) is 21.3 Å². The van der Waals surface area contributed by atoms with Crippen molar-refractivity contribution in [1.29, 1.82) is 5.41 Å². The Bertz CT molecular complexity index is 385. The molecule has 0 spiro atoms. The van der Waals surface area contributed by atoms with Gasteiger partial charge in [0.1, 0.15) is 5.71 Å². The normalized spacial score (nSPS) is 11.5. The van der Waals surface area contributed by atoms with Crippen molar-refractivity contribution < 1.29 is 5.21 Å². The van der Waals surface area contributed by atoms with Crippen LogP contribution in [-0.2, 0) is 0 Å². The molecule has 0 aliphatic carbocycles. The number of nitrogens with one attached hydrogen (secondary N) is 1. The first-order chi connectivity index (χ1) is 6.57. The molecule has 0 bridgehead atoms. The van der Waals surface area contributed by atoms with Gasteiger partial charge in [-0.2, -0.15) is 0 Å². The molecule has 0 aromatic carbocycles. The Morgan fingerprint density at radius 1 is 1.36 bits per heavy atom. The standard InChI is InChI=1S/C7H4Cl3N3O/c8-3-1-12-2-4(9)5(3)6(13-14)7(10)11/h1-2,11,14H/b11-7?,13-6+. The number of oxime groups is 1. The molecule has 0 aliphatic heterocycles. The van der Waals surface area contributed by atoms with Crippen molar-refractivity contribution in [2.75, 3.05) is 0 Å². The lowest BCUT2D eigenvalue weighted by atomic mass is 10.2. The van der Waals surface area contributed by atoms with Crippen LogP contribution in [0.1, 0.15) is 5.56 Å². The highest BCUT2D eigenvalue weighted by Crippen LogP contribution is 2.24. The zero-order chi connectivity index (χ0) is 10.7. The SMILES string of the molecule is N=C(Cl)/C(=N/O)c1c(Cl)cncc1Cl. The second kappa shape index (κ2) is 4.59. The van der Waals surface area contributed by atoms with Gasteiger partial charge in [0.25, 0.3) is 0 Å². The van der Waals surface area contributed by atoms with Gasteiger partial charge in [-0.1, -0.05) is 40.0 Å². The molecule has 2 N–H and O–H groups in total. The van der Waals surface area contributed by atoms with E-state index in [0.717, 1.165) is 0 Å². The number of hydrogen-bond donors (Lipinski definition) is 2. The third-order valence-corrected chi connectivity index (χ3v) is 2.15. The Morgan fingerprint density at radius 3 is 2.21 bits per heavy atom. The monoisotopic (exact) mass is 251 g/mol. The first kappa shape index (κ1) is 11.2. The minimum atomic E-state index is -0.456. The summed E-state index contributed by atoms with van der Waals surface area (Å²) in [5, 5.41) is 18.5. The summed E-state index contributed by atoms with van der Waals surface area (Å²) in [6.45, 7) is 0. The van der Waals surface area contributed by atoms with E-state index in [2.05, 4.69) is 10.1 Å². The largest absolute Gasteiger partial charge is 0.410 e. The van der Waals surface area contributed by atoms with Gasteiger partial charge in [-0.25, -0.2) is 0 Å². The summed E-state index contributed by atoms with van der Waals surface area (Å²) in [5.74, 6) is 0. The lowest BCUT2D eigenvalue weighted by Gasteiger charge is -2.05. The Hall–Kier alpha value is -0.840. The minimum Gasteiger partial charge on any atom is -0.410 e. The third kappa shape index (κ3) is 2.15. The molecule has 0 fully saturated rings. The molecule has 1 rings (SSSR count). The molecule has 0 saturated heterocycles. The Balaban J connectivity index is 3.37. The second-order valence-corrected chi connectivity index (χ2v) is 3.43. The summed E-state index contributed by atoms with van der Waals surface area (Å²) >= 11 is 16.9. The molecule has 0 amide bonds. The van der Waals surface area contributed by atoms with Crippen molar-refractivity contribution in [3.8, 4) is 0 Å². The predicted octanol–water partition coefficient (Wildman–Crippen LogP) is 2.78. The van der Waals surface area contributed by atoms with Crippen LogP contribution in [0.2, 0.25) is 10.0 Å². The molecule has 1 aromatic heterocycles. The fraction of sp³-hybridized carbons (Fsp3) is 0. The summed E-state index contributed by atoms with van der Waals surface area (Å²) < 4.78 is 0. The van der Waals surface area contributed by atoms with Crippen LogP contribution in [-0.4, -0.2) is 21.1 Å². The van der Waals surface area contributed by atoms with Crippen molar-refractivity contribution >= 4 is 45.7 Å². The van der Waals surface area contributed by atoms with Crippen LogP contribution < -0.4 is 0 Å². The van der Waals surface area contributed by atoms with E-state index in [1.54, 1.807) is 0 Å². The smallest absolute Gasteiger partial charge is 0.150 e. The number of aromatic nitrogens is 1. The molecule has 7 heteroatoms. The molecular formula is C7H4Cl3N3O. The zero-order valence-corrected chi connectivity index (χ0v) is 8.90. The molecule has 74 valence electrons. The van der Waals surface area contributed by atoms with Crippen molar-refractivity contribution in [3.63, 3.8) is 0 Å². The first-order valence-electron chi connectivity index (χ1n) is 3.33. The summed E-state index contributed by atoms with van der Waals surface area (Å²) in [7, 11) is 0. The van der Waals surface area contributed by atoms with Crippen molar-refractivity contribution in [2.45, 2.75) is 0 Å². The zero-order valence-electron chi connectivity index (χ0n) is 6.63. The average molecular weight is 252 g/mol. The van der Waals surface area contributed by atoms with Gasteiger partial charge in [-0.3, -0.25) is 10.4 Å². The third-order valence-electron chi connectivity index (χ3n) is 1.40. The van der Waals surface area contributed by atoms with Gasteiger partial charge in [-0.15, -0.1) is 0 Å². The van der Waals surface area contributed by atoms with E-state index < -0.39 is 5.17 Å². The van der Waals surface area contributed by atoms with Gasteiger partial charge in [0.05, 0.1) is 10.0 Å². The quantitative estimate of drug-likeness (QED) is 0.483. The molecule has 1 aromatic rings. The summed E-state index contributed by atoms with van der Waals surface area (Å²) in [4.78, 5) is 3.71. The number of nitrogens with zero attached hydrogens (tertiary/aromatic N) is 2. The van der Waals surface area contributed by atoms with Crippen LogP contribution in [0.4, 0.5) is 0 Å². The predicted molar refractivity (Wildman–Crippen MR) is 56.2 cm³/mol. The lowest BCUT2D eigenvalue weighted by molar-refractivity contribution is 0.320. The Morgan fingerprint density at radius 2 is 1.86 bits per heavy atom. The number of halogens is 3. The van der Waals surface area contributed by atoms with Crippen LogP contribution in [0, 0.1) is 5.41 Å². The highest BCUT2D eigenvalue weighted by Gasteiger charge is 2.16. The van der Waals surface area contributed by atoms with Gasteiger partial charge < -0.3 is 5.21 Å². The summed E-state index contributed by atoms with van der Waals surface area (Å²) in [6.07, 6.45) is 2.63. The van der Waals surface area contributed by atoms with Gasteiger partial charge in [0, 0.05) is 18.0 Å². The maximum absolute atomic E-state index is 8.62. The fourth-order valence-electron chi connectivity index (χ4n) is 0.841. The molecule has 0 saturated carbocycles. The van der Waals surface area contributed by atoms with Crippen LogP contribution >= 0.6 is 34.8 Å². The number of hydrogen-bond acceptors (Lipinski definition) is 4. The molecule has 14 heavy (non-hydrogen) atoms. The second-order valence-electron chi connectivity index (χ2n) is 2.24. The fourth-order valence-corrected chi connectivity index (χ4v) is 1.52. The number of pyridine rings is 1. The van der Waals surface area contributed by atoms with Gasteiger partial charge >= 0.3 is 0 Å². The molecule has 4 nitrogen and oxygen atoms in total. The maximum Gasteiger partial charge on any atom is 0.150 e. The molecule has 0 aliphatic rings. The first-order valence-corrected chi connectivity index (χ1v) is 4.47. The van der Waals surface area contributed by atoms with Crippen LogP contribution in [0.25, 0.3) is 0 Å². The average Bonchev–Trinajstić information content (AvgIpc) is 2.10.